The number of fused-ring (bicyclic) bond motifs is 1. The van der Waals surface area contributed by atoms with Crippen LogP contribution in [0.3, 0.4) is 0 Å². The van der Waals surface area contributed by atoms with Crippen LogP contribution in [0.2, 0.25) is 0 Å². The normalized spacial score (nSPS) is 11.5. The van der Waals surface area contributed by atoms with Crippen LogP contribution in [0.25, 0.3) is 22.2 Å². The summed E-state index contributed by atoms with van der Waals surface area (Å²) in [6, 6.07) is 16.2. The standard InChI is InChI=1S/C21H18N4O3/c1-23-16-13-25(22-12-15-10-6-7-11-17(15)26)19(14-8-4-3-5-9-14)18(16)20(27)24(2)21(23)28/h3-13,26H,1-2H3/b22-12+. The maximum atomic E-state index is 12.9. The number of phenolic OH excluding ortho intramolecular Hbond substituents is 1. The second-order valence-electron chi connectivity index (χ2n) is 6.46. The van der Waals surface area contributed by atoms with Gasteiger partial charge in [0.05, 0.1) is 29.0 Å². The van der Waals surface area contributed by atoms with Crippen LogP contribution in [0.4, 0.5) is 0 Å². The van der Waals surface area contributed by atoms with Crippen LogP contribution < -0.4 is 11.2 Å². The van der Waals surface area contributed by atoms with Gasteiger partial charge in [-0.15, -0.1) is 0 Å². The van der Waals surface area contributed by atoms with Gasteiger partial charge in [-0.3, -0.25) is 13.9 Å². The lowest BCUT2D eigenvalue weighted by molar-refractivity contribution is 0.474. The summed E-state index contributed by atoms with van der Waals surface area (Å²) in [5.41, 5.74) is 1.62. The van der Waals surface area contributed by atoms with Crippen LogP contribution in [-0.4, -0.2) is 25.1 Å². The molecule has 28 heavy (non-hydrogen) atoms. The molecule has 0 aliphatic rings. The molecule has 0 amide bonds. The van der Waals surface area contributed by atoms with Crippen molar-refractivity contribution in [2.45, 2.75) is 0 Å². The topological polar surface area (TPSA) is 81.5 Å². The monoisotopic (exact) mass is 374 g/mol. The minimum absolute atomic E-state index is 0.104. The molecule has 1 N–H and O–H groups in total. The van der Waals surface area contributed by atoms with E-state index in [1.165, 1.54) is 17.8 Å². The highest BCUT2D eigenvalue weighted by Crippen LogP contribution is 2.28. The van der Waals surface area contributed by atoms with Gasteiger partial charge in [-0.25, -0.2) is 9.47 Å². The van der Waals surface area contributed by atoms with E-state index in [-0.39, 0.29) is 11.3 Å². The lowest BCUT2D eigenvalue weighted by Crippen LogP contribution is -2.36. The Morgan fingerprint density at radius 2 is 1.61 bits per heavy atom. The molecular weight excluding hydrogens is 356 g/mol. The van der Waals surface area contributed by atoms with Crippen molar-refractivity contribution in [3.63, 3.8) is 0 Å². The van der Waals surface area contributed by atoms with Crippen molar-refractivity contribution in [3.8, 4) is 17.0 Å². The largest absolute Gasteiger partial charge is 0.507 e. The van der Waals surface area contributed by atoms with Crippen LogP contribution in [0.1, 0.15) is 5.56 Å². The Morgan fingerprint density at radius 1 is 0.929 bits per heavy atom. The summed E-state index contributed by atoms with van der Waals surface area (Å²) in [6.07, 6.45) is 3.17. The van der Waals surface area contributed by atoms with E-state index in [9.17, 15) is 14.7 Å². The third kappa shape index (κ3) is 2.73. The molecule has 2 heterocycles. The third-order valence-corrected chi connectivity index (χ3v) is 4.73. The lowest BCUT2D eigenvalue weighted by Gasteiger charge is -2.06. The zero-order valence-corrected chi connectivity index (χ0v) is 15.4. The van der Waals surface area contributed by atoms with E-state index in [4.69, 9.17) is 0 Å². The first kappa shape index (κ1) is 17.5. The first-order chi connectivity index (χ1) is 13.5. The van der Waals surface area contributed by atoms with Gasteiger partial charge >= 0.3 is 5.69 Å². The van der Waals surface area contributed by atoms with E-state index in [0.717, 1.165) is 10.1 Å². The number of phenols is 1. The van der Waals surface area contributed by atoms with Gasteiger partial charge in [0.1, 0.15) is 5.75 Å². The molecule has 0 aliphatic carbocycles. The van der Waals surface area contributed by atoms with Gasteiger partial charge in [0.15, 0.2) is 0 Å². The van der Waals surface area contributed by atoms with E-state index in [1.54, 1.807) is 42.2 Å². The number of hydrogen-bond acceptors (Lipinski definition) is 4. The number of aromatic nitrogens is 3. The lowest BCUT2D eigenvalue weighted by atomic mass is 10.1. The Kier molecular flexibility index (Phi) is 4.19. The predicted molar refractivity (Wildman–Crippen MR) is 109 cm³/mol. The van der Waals surface area contributed by atoms with Crippen molar-refractivity contribution < 1.29 is 5.11 Å². The van der Waals surface area contributed by atoms with E-state index >= 15 is 0 Å². The Labute approximate surface area is 160 Å². The van der Waals surface area contributed by atoms with Gasteiger partial charge in [0, 0.05) is 25.2 Å². The van der Waals surface area contributed by atoms with Gasteiger partial charge in [-0.05, 0) is 12.1 Å². The zero-order chi connectivity index (χ0) is 19.8. The molecule has 7 heteroatoms. The number of aromatic hydroxyl groups is 1. The number of benzene rings is 2. The Bertz CT molecular complexity index is 1330. The smallest absolute Gasteiger partial charge is 0.330 e. The summed E-state index contributed by atoms with van der Waals surface area (Å²) in [6.45, 7) is 0. The molecule has 0 atom stereocenters. The molecular formula is C21H18N4O3. The average Bonchev–Trinajstić information content (AvgIpc) is 3.10. The quantitative estimate of drug-likeness (QED) is 0.559. The van der Waals surface area contributed by atoms with Crippen molar-refractivity contribution in [1.29, 1.82) is 0 Å². The molecule has 0 aliphatic heterocycles. The van der Waals surface area contributed by atoms with Gasteiger partial charge in [0.2, 0.25) is 0 Å². The minimum Gasteiger partial charge on any atom is -0.507 e. The van der Waals surface area contributed by atoms with E-state index in [2.05, 4.69) is 5.10 Å². The Hall–Kier alpha value is -3.87. The summed E-state index contributed by atoms with van der Waals surface area (Å²) < 4.78 is 4.08. The zero-order valence-electron chi connectivity index (χ0n) is 15.4. The average molecular weight is 374 g/mol. The number of nitrogens with zero attached hydrogens (tertiary/aromatic N) is 4. The molecule has 0 saturated carbocycles. The van der Waals surface area contributed by atoms with Crippen molar-refractivity contribution >= 4 is 17.1 Å². The number of rotatable bonds is 3. The number of hydrogen-bond donors (Lipinski definition) is 1. The van der Waals surface area contributed by atoms with Crippen LogP contribution in [-0.2, 0) is 14.1 Å². The molecule has 0 spiro atoms. The first-order valence-electron chi connectivity index (χ1n) is 8.68. The van der Waals surface area contributed by atoms with Crippen molar-refractivity contribution in [2.24, 2.45) is 19.2 Å². The summed E-state index contributed by atoms with van der Waals surface area (Å²) in [5.74, 6) is 0.104. The Balaban J connectivity index is 2.05. The van der Waals surface area contributed by atoms with E-state index < -0.39 is 5.69 Å². The van der Waals surface area contributed by atoms with Crippen molar-refractivity contribution in [1.82, 2.24) is 13.8 Å². The molecule has 4 rings (SSSR count). The molecule has 140 valence electrons. The molecule has 0 unspecified atom stereocenters. The molecule has 0 radical (unpaired) electrons. The molecule has 7 nitrogen and oxygen atoms in total. The molecule has 0 saturated heterocycles. The number of para-hydroxylation sites is 1. The van der Waals surface area contributed by atoms with Crippen LogP contribution >= 0.6 is 0 Å². The van der Waals surface area contributed by atoms with Gasteiger partial charge in [-0.2, -0.15) is 5.10 Å². The molecule has 2 aromatic carbocycles. The maximum absolute atomic E-state index is 12.9. The van der Waals surface area contributed by atoms with Crippen LogP contribution in [0, 0.1) is 0 Å². The van der Waals surface area contributed by atoms with E-state index in [0.29, 0.717) is 22.2 Å². The molecule has 4 aromatic rings. The highest BCUT2D eigenvalue weighted by molar-refractivity contribution is 5.94. The van der Waals surface area contributed by atoms with Crippen LogP contribution in [0.5, 0.6) is 5.75 Å². The summed E-state index contributed by atoms with van der Waals surface area (Å²) in [5, 5.41) is 14.8. The first-order valence-corrected chi connectivity index (χ1v) is 8.68. The molecule has 0 fully saturated rings. The van der Waals surface area contributed by atoms with Gasteiger partial charge < -0.3 is 5.11 Å². The Morgan fingerprint density at radius 3 is 2.32 bits per heavy atom. The summed E-state index contributed by atoms with van der Waals surface area (Å²) in [7, 11) is 3.08. The SMILES string of the molecule is Cn1c(=O)c2c(-c3ccccc3)n(/N=C/c3ccccc3O)cc2n(C)c1=O. The fraction of sp³-hybridized carbons (Fsp3) is 0.0952. The molecule has 0 bridgehead atoms. The minimum atomic E-state index is -0.404. The number of aryl methyl sites for hydroxylation is 1. The third-order valence-electron chi connectivity index (χ3n) is 4.73. The second kappa shape index (κ2) is 6.70. The van der Waals surface area contributed by atoms with Gasteiger partial charge in [0.25, 0.3) is 5.56 Å². The summed E-state index contributed by atoms with van der Waals surface area (Å²) in [4.78, 5) is 25.2. The van der Waals surface area contributed by atoms with Crippen molar-refractivity contribution in [2.75, 3.05) is 0 Å². The van der Waals surface area contributed by atoms with E-state index in [1.807, 2.05) is 30.3 Å². The highest BCUT2D eigenvalue weighted by Gasteiger charge is 2.19. The predicted octanol–water partition coefficient (Wildman–Crippen LogP) is 2.29. The van der Waals surface area contributed by atoms with Crippen molar-refractivity contribution in [3.05, 3.63) is 87.2 Å². The summed E-state index contributed by atoms with van der Waals surface area (Å²) >= 11 is 0. The fourth-order valence-corrected chi connectivity index (χ4v) is 3.21. The highest BCUT2D eigenvalue weighted by atomic mass is 16.3. The van der Waals surface area contributed by atoms with Crippen LogP contribution in [0.15, 0.2) is 75.5 Å². The fourth-order valence-electron chi connectivity index (χ4n) is 3.21. The second-order valence-corrected chi connectivity index (χ2v) is 6.46. The molecule has 2 aromatic heterocycles. The maximum Gasteiger partial charge on any atom is 0.330 e. The van der Waals surface area contributed by atoms with Gasteiger partial charge in [-0.1, -0.05) is 42.5 Å².